The molecule has 1 heterocycles. The molecule has 0 spiro atoms. The van der Waals surface area contributed by atoms with Crippen molar-refractivity contribution in [1.29, 1.82) is 0 Å². The number of hydrogen-bond donors (Lipinski definition) is 0. The third kappa shape index (κ3) is 9.96. The molecule has 206 valence electrons. The molecule has 0 aliphatic carbocycles. The van der Waals surface area contributed by atoms with Gasteiger partial charge >= 0.3 is 49.8 Å². The fourth-order valence-corrected chi connectivity index (χ4v) is 5.00. The first-order valence-electron chi connectivity index (χ1n) is 14.0. The van der Waals surface area contributed by atoms with Crippen LogP contribution >= 0.6 is 39.0 Å². The molecule has 3 rings (SSSR count). The normalized spacial score (nSPS) is 13.4. The Labute approximate surface area is 255 Å². The van der Waals surface area contributed by atoms with E-state index < -0.39 is 0 Å². The molecule has 1 aliphatic heterocycles. The predicted octanol–water partition coefficient (Wildman–Crippen LogP) is 11.7. The van der Waals surface area contributed by atoms with Gasteiger partial charge < -0.3 is 5.53 Å². The molecule has 0 N–H and O–H groups in total. The molecule has 0 fully saturated rings. The van der Waals surface area contributed by atoms with Gasteiger partial charge in [-0.25, -0.2) is 4.70 Å². The van der Waals surface area contributed by atoms with Crippen LogP contribution in [-0.2, 0) is 23.6 Å². The average Bonchev–Trinajstić information content (AvgIpc) is 3.19. The third-order valence-electron chi connectivity index (χ3n) is 6.96. The second-order valence-electron chi connectivity index (χ2n) is 9.83. The molecule has 37 heavy (non-hydrogen) atoms. The van der Waals surface area contributed by atoms with E-state index in [0.717, 1.165) is 84.6 Å². The molecule has 1 aliphatic rings. The quantitative estimate of drug-likeness (QED) is 0.103. The molecular weight excluding hydrogens is 773 g/mol. The first kappa shape index (κ1) is 32.9. The maximum atomic E-state index is 11.7. The molecule has 5 heteroatoms. The van der Waals surface area contributed by atoms with Crippen LogP contribution < -0.4 is 0 Å². The van der Waals surface area contributed by atoms with E-state index >= 15 is 0 Å². The van der Waals surface area contributed by atoms with Crippen LogP contribution in [0.4, 0.5) is 0 Å². The monoisotopic (exact) mass is 816 g/mol. The minimum absolute atomic E-state index is 0.890. The molecule has 0 atom stereocenters. The van der Waals surface area contributed by atoms with Gasteiger partial charge in [-0.1, -0.05) is 77.6 Å². The van der Waals surface area contributed by atoms with Gasteiger partial charge in [0.1, 0.15) is 0 Å². The van der Waals surface area contributed by atoms with Gasteiger partial charge in [0.2, 0.25) is 11.4 Å². The Bertz CT molecular complexity index is 977. The molecule has 2 aromatic rings. The molecule has 0 aromatic heterocycles. The fourth-order valence-electron chi connectivity index (χ4n) is 5.00. The summed E-state index contributed by atoms with van der Waals surface area (Å²) in [7, 11) is 0.890. The summed E-state index contributed by atoms with van der Waals surface area (Å²) in [5.41, 5.74) is 21.5. The Kier molecular flexibility index (Phi) is 16.7. The molecule has 0 amide bonds. The van der Waals surface area contributed by atoms with Crippen molar-refractivity contribution in [2.45, 2.75) is 105 Å². The van der Waals surface area contributed by atoms with Crippen LogP contribution in [0, 0.1) is 0 Å². The van der Waals surface area contributed by atoms with Crippen molar-refractivity contribution < 1.29 is 15.4 Å². The van der Waals surface area contributed by atoms with Gasteiger partial charge in [0.05, 0.1) is 0 Å². The molecule has 0 saturated carbocycles. The van der Waals surface area contributed by atoms with Gasteiger partial charge in [0.15, 0.2) is 0 Å². The molecular formula is C32H44I2N2Pd. The Hall–Kier alpha value is -0.358. The summed E-state index contributed by atoms with van der Waals surface area (Å²) in [6.07, 6.45) is 13.6. The zero-order chi connectivity index (χ0) is 27.0. The standard InChI is InChI=1S/C32H44N2.2HI.Pd/c1-5-9-15-25-17-13-19-27(23-25)31-29(21-11-7-3)30(22-12-8-4)32(34(31)33)28-20-14-18-26(24-28)16-10-6-2;;;/h13-14,17-20,23-24H,5-12,15-16,21-22H2,1-4H3;2*1H;/q;;;+2/p-2. The Morgan fingerprint density at radius 1 is 0.622 bits per heavy atom. The van der Waals surface area contributed by atoms with E-state index in [-0.39, 0.29) is 0 Å². The van der Waals surface area contributed by atoms with Crippen LogP contribution in [0.2, 0.25) is 0 Å². The van der Waals surface area contributed by atoms with Crippen molar-refractivity contribution in [3.63, 3.8) is 0 Å². The Morgan fingerprint density at radius 3 is 1.32 bits per heavy atom. The molecule has 2 aromatic carbocycles. The van der Waals surface area contributed by atoms with Gasteiger partial charge in [-0.3, -0.25) is 0 Å². The Morgan fingerprint density at radius 2 is 0.973 bits per heavy atom. The molecule has 0 radical (unpaired) electrons. The second-order valence-corrected chi connectivity index (χ2v) is 21.8. The number of hydrogen-bond acceptors (Lipinski definition) is 0. The van der Waals surface area contributed by atoms with Crippen molar-refractivity contribution in [3.05, 3.63) is 87.5 Å². The number of nitrogens with zero attached hydrogens (tertiary/aromatic N) is 2. The number of aryl methyl sites for hydroxylation is 2. The van der Waals surface area contributed by atoms with Crippen LogP contribution in [0.25, 0.3) is 16.9 Å². The summed E-state index contributed by atoms with van der Waals surface area (Å²) in [6.45, 7) is 8.99. The van der Waals surface area contributed by atoms with E-state index in [1.165, 1.54) is 52.7 Å². The van der Waals surface area contributed by atoms with Crippen molar-refractivity contribution in [1.82, 2.24) is 0 Å². The van der Waals surface area contributed by atoms with E-state index in [9.17, 15) is 5.53 Å². The summed E-state index contributed by atoms with van der Waals surface area (Å²) < 4.78 is 1.54. The van der Waals surface area contributed by atoms with Crippen LogP contribution in [0.15, 0.2) is 59.7 Å². The summed E-state index contributed by atoms with van der Waals surface area (Å²) in [6, 6.07) is 17.7. The van der Waals surface area contributed by atoms with Gasteiger partial charge in [-0.05, 0) is 86.8 Å². The molecule has 2 nitrogen and oxygen atoms in total. The fraction of sp³-hybridized carbons (Fsp3) is 0.500. The predicted molar refractivity (Wildman–Crippen MR) is 175 cm³/mol. The van der Waals surface area contributed by atoms with Gasteiger partial charge in [-0.15, -0.1) is 0 Å². The van der Waals surface area contributed by atoms with E-state index in [4.69, 9.17) is 0 Å². The van der Waals surface area contributed by atoms with Gasteiger partial charge in [-0.2, -0.15) is 0 Å². The first-order chi connectivity index (χ1) is 18.1. The van der Waals surface area contributed by atoms with Crippen LogP contribution in [0.3, 0.4) is 0 Å². The number of rotatable bonds is 14. The zero-order valence-corrected chi connectivity index (χ0v) is 28.9. The first-order valence-corrected chi connectivity index (χ1v) is 23.3. The van der Waals surface area contributed by atoms with E-state index in [1.807, 2.05) is 0 Å². The zero-order valence-electron chi connectivity index (χ0n) is 23.1. The summed E-state index contributed by atoms with van der Waals surface area (Å²) in [5, 5.41) is 0. The molecule has 0 saturated heterocycles. The average molecular weight is 817 g/mol. The van der Waals surface area contributed by atoms with Gasteiger partial charge in [0, 0.05) is 22.3 Å². The van der Waals surface area contributed by atoms with E-state index in [2.05, 4.69) is 115 Å². The number of benzene rings is 2. The van der Waals surface area contributed by atoms with Gasteiger partial charge in [0.25, 0.3) is 0 Å². The van der Waals surface area contributed by atoms with E-state index in [0.29, 0.717) is 0 Å². The summed E-state index contributed by atoms with van der Waals surface area (Å²) in [4.78, 5) is 0. The van der Waals surface area contributed by atoms with Crippen molar-refractivity contribution >= 4 is 50.4 Å². The topological polar surface area (TPSA) is 25.3 Å². The minimum atomic E-state index is 0.890. The summed E-state index contributed by atoms with van der Waals surface area (Å²) in [5.74, 6) is 0. The van der Waals surface area contributed by atoms with Crippen molar-refractivity contribution in [2.75, 3.05) is 0 Å². The molecule has 0 unspecified atom stereocenters. The van der Waals surface area contributed by atoms with E-state index in [1.54, 1.807) is 0 Å². The maximum absolute atomic E-state index is 11.7. The van der Waals surface area contributed by atoms with Crippen LogP contribution in [0.1, 0.15) is 114 Å². The van der Waals surface area contributed by atoms with Crippen molar-refractivity contribution in [2.24, 2.45) is 0 Å². The number of halogens is 2. The molecule has 0 bridgehead atoms. The number of allylic oxidation sites excluding steroid dienone is 2. The SMILES string of the molecule is CCCCC1=C(c2cccc(CCCC)c2)[N+](=[N-])C(c2cccc(CCCC)c2)=C1CCCC.[I][Pd][I]. The van der Waals surface area contributed by atoms with Crippen LogP contribution in [0.5, 0.6) is 0 Å². The second kappa shape index (κ2) is 18.8. The summed E-state index contributed by atoms with van der Waals surface area (Å²) >= 11 is 4.65. The third-order valence-corrected chi connectivity index (χ3v) is 6.96. The Balaban J connectivity index is 0.00000153. The van der Waals surface area contributed by atoms with Crippen molar-refractivity contribution in [3.8, 4) is 0 Å². The number of unbranched alkanes of at least 4 members (excludes halogenated alkanes) is 4. The van der Waals surface area contributed by atoms with Crippen LogP contribution in [-0.4, -0.2) is 4.70 Å².